The molecule has 0 aliphatic heterocycles. The molecule has 9 heavy (non-hydrogen) atoms. The minimum Gasteiger partial charge on any atom is -0.146 e. The number of rotatable bonds is 1. The third-order valence-corrected chi connectivity index (χ3v) is 5.43. The molecule has 0 bridgehead atoms. The van der Waals surface area contributed by atoms with E-state index < -0.39 is 0 Å². The lowest BCUT2D eigenvalue weighted by Crippen LogP contribution is -1.66. The second-order valence-electron chi connectivity index (χ2n) is 1.45. The highest BCUT2D eigenvalue weighted by Crippen LogP contribution is 2.33. The van der Waals surface area contributed by atoms with Crippen LogP contribution in [0.3, 0.4) is 0 Å². The molecule has 0 amide bonds. The van der Waals surface area contributed by atoms with Crippen LogP contribution >= 0.6 is 59.1 Å². The van der Waals surface area contributed by atoms with E-state index in [1.54, 1.807) is 11.3 Å². The molecule has 50 valence electrons. The topological polar surface area (TPSA) is 0 Å². The molecule has 0 radical (unpaired) electrons. The zero-order chi connectivity index (χ0) is 6.85. The first-order valence-electron chi connectivity index (χ1n) is 2.23. The molecular weight excluding hydrogens is 332 g/mol. The minimum absolute atomic E-state index is 0.920. The van der Waals surface area contributed by atoms with E-state index in [0.717, 1.165) is 9.80 Å². The van der Waals surface area contributed by atoms with Crippen molar-refractivity contribution in [2.24, 2.45) is 0 Å². The SMILES string of the molecule is BrCc1scc(Br)c1Br. The molecule has 0 N–H and O–H groups in total. The van der Waals surface area contributed by atoms with Crippen LogP contribution in [0.5, 0.6) is 0 Å². The van der Waals surface area contributed by atoms with Gasteiger partial charge in [0.15, 0.2) is 0 Å². The molecule has 0 saturated heterocycles. The lowest BCUT2D eigenvalue weighted by Gasteiger charge is -1.87. The molecule has 0 aliphatic rings. The quantitative estimate of drug-likeness (QED) is 0.676. The number of thiophene rings is 1. The van der Waals surface area contributed by atoms with Crippen LogP contribution in [0.2, 0.25) is 0 Å². The fourth-order valence-corrected chi connectivity index (χ4v) is 3.48. The van der Waals surface area contributed by atoms with Crippen LogP contribution < -0.4 is 0 Å². The van der Waals surface area contributed by atoms with E-state index in [0.29, 0.717) is 0 Å². The summed E-state index contributed by atoms with van der Waals surface area (Å²) in [7, 11) is 0. The largest absolute Gasteiger partial charge is 0.146 e. The maximum Gasteiger partial charge on any atom is 0.0465 e. The van der Waals surface area contributed by atoms with Crippen molar-refractivity contribution in [2.45, 2.75) is 5.33 Å². The molecule has 0 aliphatic carbocycles. The van der Waals surface area contributed by atoms with Gasteiger partial charge in [-0.15, -0.1) is 11.3 Å². The molecule has 1 heterocycles. The van der Waals surface area contributed by atoms with Gasteiger partial charge in [-0.2, -0.15) is 0 Å². The van der Waals surface area contributed by atoms with E-state index in [-0.39, 0.29) is 0 Å². The van der Waals surface area contributed by atoms with Crippen molar-refractivity contribution < 1.29 is 0 Å². The summed E-state index contributed by atoms with van der Waals surface area (Å²) in [5.74, 6) is 0. The van der Waals surface area contributed by atoms with Gasteiger partial charge in [0.25, 0.3) is 0 Å². The van der Waals surface area contributed by atoms with Crippen LogP contribution in [0, 0.1) is 0 Å². The Morgan fingerprint density at radius 2 is 2.11 bits per heavy atom. The number of hydrogen-bond donors (Lipinski definition) is 0. The molecular formula is C5H3Br3S. The maximum atomic E-state index is 3.44. The average molecular weight is 335 g/mol. The standard InChI is InChI=1S/C5H3Br3S/c6-1-4-5(8)3(7)2-9-4/h2H,1H2. The smallest absolute Gasteiger partial charge is 0.0465 e. The second-order valence-corrected chi connectivity index (χ2v) is 4.63. The third-order valence-electron chi connectivity index (χ3n) is 0.881. The lowest BCUT2D eigenvalue weighted by molar-refractivity contribution is 1.52. The van der Waals surface area contributed by atoms with Crippen LogP contribution in [0.1, 0.15) is 4.88 Å². The summed E-state index contributed by atoms with van der Waals surface area (Å²) >= 11 is 12.0. The predicted molar refractivity (Wildman–Crippen MR) is 52.4 cm³/mol. The summed E-state index contributed by atoms with van der Waals surface area (Å²) in [5.41, 5.74) is 0. The molecule has 1 rings (SSSR count). The minimum atomic E-state index is 0.920. The van der Waals surface area contributed by atoms with Crippen LogP contribution in [0.25, 0.3) is 0 Å². The van der Waals surface area contributed by atoms with Crippen LogP contribution in [0.15, 0.2) is 14.3 Å². The number of alkyl halides is 1. The third kappa shape index (κ3) is 1.79. The van der Waals surface area contributed by atoms with E-state index in [4.69, 9.17) is 0 Å². The Hall–Kier alpha value is 1.14. The van der Waals surface area contributed by atoms with Gasteiger partial charge in [0.05, 0.1) is 0 Å². The van der Waals surface area contributed by atoms with Gasteiger partial charge in [-0.1, -0.05) is 15.9 Å². The highest BCUT2D eigenvalue weighted by Gasteiger charge is 2.03. The van der Waals surface area contributed by atoms with Gasteiger partial charge >= 0.3 is 0 Å². The van der Waals surface area contributed by atoms with E-state index >= 15 is 0 Å². The van der Waals surface area contributed by atoms with Crippen LogP contribution in [-0.4, -0.2) is 0 Å². The zero-order valence-corrected chi connectivity index (χ0v) is 9.90. The Kier molecular flexibility index (Phi) is 3.21. The first kappa shape index (κ1) is 8.24. The Morgan fingerprint density at radius 3 is 2.33 bits per heavy atom. The highest BCUT2D eigenvalue weighted by molar-refractivity contribution is 9.13. The van der Waals surface area contributed by atoms with Gasteiger partial charge in [0.1, 0.15) is 0 Å². The van der Waals surface area contributed by atoms with Crippen molar-refractivity contribution in [3.8, 4) is 0 Å². The average Bonchev–Trinajstić information content (AvgIpc) is 2.15. The number of hydrogen-bond acceptors (Lipinski definition) is 1. The zero-order valence-electron chi connectivity index (χ0n) is 4.33. The van der Waals surface area contributed by atoms with Crippen molar-refractivity contribution >= 4 is 59.1 Å². The van der Waals surface area contributed by atoms with Crippen LogP contribution in [-0.2, 0) is 5.33 Å². The molecule has 0 fully saturated rings. The Bertz CT molecular complexity index is 206. The second kappa shape index (κ2) is 3.51. The summed E-state index contributed by atoms with van der Waals surface area (Å²) in [6.45, 7) is 0. The van der Waals surface area contributed by atoms with Gasteiger partial charge < -0.3 is 0 Å². The molecule has 0 spiro atoms. The van der Waals surface area contributed by atoms with Crippen molar-refractivity contribution in [3.05, 3.63) is 19.2 Å². The molecule has 0 nitrogen and oxygen atoms in total. The number of halogens is 3. The molecule has 0 atom stereocenters. The summed E-state index contributed by atoms with van der Waals surface area (Å²) in [4.78, 5) is 1.32. The fraction of sp³-hybridized carbons (Fsp3) is 0.200. The lowest BCUT2D eigenvalue weighted by atomic mass is 10.5. The van der Waals surface area contributed by atoms with Crippen molar-refractivity contribution in [3.63, 3.8) is 0 Å². The molecule has 1 aromatic heterocycles. The predicted octanol–water partition coefficient (Wildman–Crippen LogP) is 4.17. The van der Waals surface area contributed by atoms with Crippen LogP contribution in [0.4, 0.5) is 0 Å². The Morgan fingerprint density at radius 1 is 1.44 bits per heavy atom. The monoisotopic (exact) mass is 332 g/mol. The van der Waals surface area contributed by atoms with Gasteiger partial charge in [-0.25, -0.2) is 0 Å². The van der Waals surface area contributed by atoms with Gasteiger partial charge in [-0.3, -0.25) is 0 Å². The molecule has 4 heteroatoms. The first-order valence-corrected chi connectivity index (χ1v) is 5.81. The Labute approximate surface area is 83.0 Å². The van der Waals surface area contributed by atoms with Gasteiger partial charge in [0, 0.05) is 24.5 Å². The fourth-order valence-electron chi connectivity index (χ4n) is 0.450. The van der Waals surface area contributed by atoms with E-state index in [1.165, 1.54) is 9.35 Å². The first-order chi connectivity index (χ1) is 4.25. The van der Waals surface area contributed by atoms with E-state index in [9.17, 15) is 0 Å². The summed E-state index contributed by atoms with van der Waals surface area (Å²) in [6.07, 6.45) is 0. The summed E-state index contributed by atoms with van der Waals surface area (Å²) < 4.78 is 2.31. The molecule has 0 aromatic carbocycles. The maximum absolute atomic E-state index is 3.44. The van der Waals surface area contributed by atoms with Gasteiger partial charge in [0.2, 0.25) is 0 Å². The van der Waals surface area contributed by atoms with Crippen molar-refractivity contribution in [1.29, 1.82) is 0 Å². The summed E-state index contributed by atoms with van der Waals surface area (Å²) in [6, 6.07) is 0. The van der Waals surface area contributed by atoms with Crippen molar-refractivity contribution in [2.75, 3.05) is 0 Å². The molecule has 1 aromatic rings. The van der Waals surface area contributed by atoms with E-state index in [1.807, 2.05) is 0 Å². The molecule has 0 saturated carbocycles. The highest BCUT2D eigenvalue weighted by atomic mass is 79.9. The Balaban J connectivity index is 3.04. The normalized spacial score (nSPS) is 10.1. The summed E-state index contributed by atoms with van der Waals surface area (Å²) in [5, 5.41) is 2.99. The molecule has 0 unspecified atom stereocenters. The van der Waals surface area contributed by atoms with E-state index in [2.05, 4.69) is 53.2 Å². The van der Waals surface area contributed by atoms with Crippen molar-refractivity contribution in [1.82, 2.24) is 0 Å². The van der Waals surface area contributed by atoms with Gasteiger partial charge in [-0.05, 0) is 31.9 Å².